The van der Waals surface area contributed by atoms with Crippen LogP contribution in [0.3, 0.4) is 0 Å². The van der Waals surface area contributed by atoms with Crippen LogP contribution >= 0.6 is 11.3 Å². The van der Waals surface area contributed by atoms with Crippen LogP contribution in [0.2, 0.25) is 0 Å². The number of thiazole rings is 1. The predicted molar refractivity (Wildman–Crippen MR) is 78.3 cm³/mol. The Balaban J connectivity index is 2.36. The summed E-state index contributed by atoms with van der Waals surface area (Å²) in [6, 6.07) is -0.897. The summed E-state index contributed by atoms with van der Waals surface area (Å²) in [4.78, 5) is 31.0. The normalized spacial score (nSPS) is 24.6. The molecule has 5 nitrogen and oxygen atoms in total. The molecule has 1 aromatic heterocycles. The lowest BCUT2D eigenvalue weighted by Gasteiger charge is -2.42. The first-order valence-electron chi connectivity index (χ1n) is 7.15. The van der Waals surface area contributed by atoms with Crippen molar-refractivity contribution in [2.75, 3.05) is 0 Å². The maximum Gasteiger partial charge on any atom is 0.246 e. The SMILES string of the molecule is CCC1NC(=O)C(CC)N(C(CC)c2nccs2)C1=O. The van der Waals surface area contributed by atoms with Crippen molar-refractivity contribution in [3.05, 3.63) is 16.6 Å². The molecular weight excluding hydrogens is 274 g/mol. The Morgan fingerprint density at radius 1 is 1.35 bits per heavy atom. The Kier molecular flexibility index (Phi) is 4.75. The molecule has 1 saturated heterocycles. The van der Waals surface area contributed by atoms with E-state index in [1.54, 1.807) is 11.1 Å². The molecule has 1 aliphatic heterocycles. The number of piperazine rings is 1. The van der Waals surface area contributed by atoms with E-state index in [1.165, 1.54) is 11.3 Å². The van der Waals surface area contributed by atoms with E-state index < -0.39 is 6.04 Å². The second-order valence-electron chi connectivity index (χ2n) is 4.93. The fourth-order valence-corrected chi connectivity index (χ4v) is 3.53. The second-order valence-corrected chi connectivity index (χ2v) is 5.86. The van der Waals surface area contributed by atoms with Crippen molar-refractivity contribution in [2.45, 2.75) is 58.2 Å². The van der Waals surface area contributed by atoms with Crippen molar-refractivity contribution in [3.63, 3.8) is 0 Å². The quantitative estimate of drug-likeness (QED) is 0.905. The van der Waals surface area contributed by atoms with Crippen molar-refractivity contribution in [2.24, 2.45) is 0 Å². The van der Waals surface area contributed by atoms with Crippen LogP contribution in [0.15, 0.2) is 11.6 Å². The number of amides is 2. The number of nitrogens with zero attached hydrogens (tertiary/aromatic N) is 2. The first kappa shape index (κ1) is 15.0. The first-order valence-corrected chi connectivity index (χ1v) is 8.03. The zero-order valence-electron chi connectivity index (χ0n) is 12.1. The fraction of sp³-hybridized carbons (Fsp3) is 0.643. The molecule has 0 aromatic carbocycles. The Labute approximate surface area is 123 Å². The molecule has 2 heterocycles. The average molecular weight is 295 g/mol. The molecule has 6 heteroatoms. The van der Waals surface area contributed by atoms with Gasteiger partial charge >= 0.3 is 0 Å². The minimum atomic E-state index is -0.403. The highest BCUT2D eigenvalue weighted by Crippen LogP contribution is 2.31. The molecule has 110 valence electrons. The second kappa shape index (κ2) is 6.35. The molecule has 0 bridgehead atoms. The Bertz CT molecular complexity index is 475. The molecule has 1 fully saturated rings. The van der Waals surface area contributed by atoms with Crippen molar-refractivity contribution >= 4 is 23.2 Å². The molecular formula is C14H21N3O2S. The molecule has 1 aliphatic rings. The maximum atomic E-state index is 12.7. The van der Waals surface area contributed by atoms with Crippen LogP contribution in [0, 0.1) is 0 Å². The van der Waals surface area contributed by atoms with Gasteiger partial charge in [0.1, 0.15) is 17.1 Å². The van der Waals surface area contributed by atoms with Gasteiger partial charge in [-0.2, -0.15) is 0 Å². The molecule has 0 saturated carbocycles. The zero-order chi connectivity index (χ0) is 14.7. The van der Waals surface area contributed by atoms with E-state index in [2.05, 4.69) is 10.3 Å². The Morgan fingerprint density at radius 3 is 2.60 bits per heavy atom. The number of carbonyl (C=O) groups excluding carboxylic acids is 2. The number of hydrogen-bond donors (Lipinski definition) is 1. The molecule has 2 amide bonds. The molecule has 1 aromatic rings. The summed E-state index contributed by atoms with van der Waals surface area (Å²) in [7, 11) is 0. The lowest BCUT2D eigenvalue weighted by atomic mass is 9.99. The third kappa shape index (κ3) is 2.57. The summed E-state index contributed by atoms with van der Waals surface area (Å²) < 4.78 is 0. The van der Waals surface area contributed by atoms with Crippen LogP contribution in [0.25, 0.3) is 0 Å². The summed E-state index contributed by atoms with van der Waals surface area (Å²) in [6.45, 7) is 5.88. The van der Waals surface area contributed by atoms with E-state index in [1.807, 2.05) is 26.2 Å². The van der Waals surface area contributed by atoms with Crippen molar-refractivity contribution in [3.8, 4) is 0 Å². The third-order valence-electron chi connectivity index (χ3n) is 3.76. The van der Waals surface area contributed by atoms with Crippen LogP contribution in [0.4, 0.5) is 0 Å². The molecule has 0 spiro atoms. The lowest BCUT2D eigenvalue weighted by Crippen LogP contribution is -2.63. The van der Waals surface area contributed by atoms with Gasteiger partial charge in [-0.3, -0.25) is 9.59 Å². The van der Waals surface area contributed by atoms with Crippen molar-refractivity contribution < 1.29 is 9.59 Å². The number of nitrogens with one attached hydrogen (secondary N) is 1. The van der Waals surface area contributed by atoms with Gasteiger partial charge in [0, 0.05) is 11.6 Å². The molecule has 0 radical (unpaired) electrons. The smallest absolute Gasteiger partial charge is 0.246 e. The topological polar surface area (TPSA) is 62.3 Å². The van der Waals surface area contributed by atoms with Crippen LogP contribution in [0.1, 0.15) is 51.1 Å². The molecule has 3 atom stereocenters. The van der Waals surface area contributed by atoms with Gasteiger partial charge in [0.25, 0.3) is 0 Å². The van der Waals surface area contributed by atoms with Crippen LogP contribution in [-0.4, -0.2) is 33.8 Å². The number of rotatable bonds is 5. The number of carbonyl (C=O) groups is 2. The highest BCUT2D eigenvalue weighted by atomic mass is 32.1. The Morgan fingerprint density at radius 2 is 2.10 bits per heavy atom. The summed E-state index contributed by atoms with van der Waals surface area (Å²) in [5.74, 6) is -0.0324. The van der Waals surface area contributed by atoms with Crippen LogP contribution < -0.4 is 5.32 Å². The minimum Gasteiger partial charge on any atom is -0.343 e. The van der Waals surface area contributed by atoms with Gasteiger partial charge in [0.15, 0.2) is 0 Å². The van der Waals surface area contributed by atoms with Crippen LogP contribution in [-0.2, 0) is 9.59 Å². The molecule has 3 unspecified atom stereocenters. The standard InChI is InChI=1S/C14H21N3O2S/c1-4-9-14(19)17(10(5-2)12(18)16-9)11(6-3)13-15-7-8-20-13/h7-11H,4-6H2,1-3H3,(H,16,18). The van der Waals surface area contributed by atoms with E-state index in [9.17, 15) is 9.59 Å². The molecule has 0 aliphatic carbocycles. The first-order chi connectivity index (χ1) is 9.63. The number of hydrogen-bond acceptors (Lipinski definition) is 4. The summed E-state index contributed by atoms with van der Waals surface area (Å²) in [6.07, 6.45) is 3.75. The van der Waals surface area contributed by atoms with E-state index in [4.69, 9.17) is 0 Å². The Hall–Kier alpha value is -1.43. The minimum absolute atomic E-state index is 0.0148. The maximum absolute atomic E-state index is 12.7. The summed E-state index contributed by atoms with van der Waals surface area (Å²) in [5, 5.41) is 5.64. The highest BCUT2D eigenvalue weighted by Gasteiger charge is 2.42. The fourth-order valence-electron chi connectivity index (χ4n) is 2.71. The van der Waals surface area contributed by atoms with Gasteiger partial charge in [0.05, 0.1) is 6.04 Å². The van der Waals surface area contributed by atoms with Gasteiger partial charge in [-0.1, -0.05) is 20.8 Å². The molecule has 1 N–H and O–H groups in total. The van der Waals surface area contributed by atoms with Crippen molar-refractivity contribution in [1.29, 1.82) is 0 Å². The molecule has 2 rings (SSSR count). The lowest BCUT2D eigenvalue weighted by molar-refractivity contribution is -0.152. The van der Waals surface area contributed by atoms with Gasteiger partial charge in [0.2, 0.25) is 11.8 Å². The van der Waals surface area contributed by atoms with Crippen LogP contribution in [0.5, 0.6) is 0 Å². The summed E-state index contributed by atoms with van der Waals surface area (Å²) >= 11 is 1.54. The van der Waals surface area contributed by atoms with E-state index >= 15 is 0 Å². The number of aromatic nitrogens is 1. The monoisotopic (exact) mass is 295 g/mol. The van der Waals surface area contributed by atoms with Crippen molar-refractivity contribution in [1.82, 2.24) is 15.2 Å². The largest absolute Gasteiger partial charge is 0.343 e. The van der Waals surface area contributed by atoms with E-state index in [0.717, 1.165) is 11.4 Å². The van der Waals surface area contributed by atoms with Gasteiger partial charge < -0.3 is 10.2 Å². The predicted octanol–water partition coefficient (Wildman–Crippen LogP) is 2.11. The van der Waals surface area contributed by atoms with E-state index in [-0.39, 0.29) is 23.9 Å². The zero-order valence-corrected chi connectivity index (χ0v) is 12.9. The highest BCUT2D eigenvalue weighted by molar-refractivity contribution is 7.09. The molecule has 20 heavy (non-hydrogen) atoms. The van der Waals surface area contributed by atoms with Gasteiger partial charge in [-0.25, -0.2) is 4.98 Å². The van der Waals surface area contributed by atoms with Gasteiger partial charge in [-0.05, 0) is 19.3 Å². The average Bonchev–Trinajstić information content (AvgIpc) is 2.97. The summed E-state index contributed by atoms with van der Waals surface area (Å²) in [5.41, 5.74) is 0. The van der Waals surface area contributed by atoms with Gasteiger partial charge in [-0.15, -0.1) is 11.3 Å². The van der Waals surface area contributed by atoms with E-state index in [0.29, 0.717) is 12.8 Å². The third-order valence-corrected chi connectivity index (χ3v) is 4.64.